The number of carbonyl (C=O) groups excluding carboxylic acids is 1. The number of rotatable bonds is 6. The van der Waals surface area contributed by atoms with Crippen LogP contribution in [0.25, 0.3) is 11.3 Å². The molecule has 1 atom stereocenters. The van der Waals surface area contributed by atoms with E-state index in [1.807, 2.05) is 18.2 Å². The predicted molar refractivity (Wildman–Crippen MR) is 124 cm³/mol. The van der Waals surface area contributed by atoms with Gasteiger partial charge in [0.2, 0.25) is 5.91 Å². The summed E-state index contributed by atoms with van der Waals surface area (Å²) in [5.41, 5.74) is 1.52. The van der Waals surface area contributed by atoms with Gasteiger partial charge in [0.1, 0.15) is 11.6 Å². The number of pyridine rings is 2. The molecule has 2 aliphatic heterocycles. The second-order valence-corrected chi connectivity index (χ2v) is 8.81. The lowest BCUT2D eigenvalue weighted by Crippen LogP contribution is -2.37. The summed E-state index contributed by atoms with van der Waals surface area (Å²) in [5.74, 6) is 1.97. The van der Waals surface area contributed by atoms with Crippen LogP contribution < -0.4 is 15.5 Å². The van der Waals surface area contributed by atoms with Crippen molar-refractivity contribution in [3.8, 4) is 11.3 Å². The summed E-state index contributed by atoms with van der Waals surface area (Å²) in [4.78, 5) is 23.9. The summed E-state index contributed by atoms with van der Waals surface area (Å²) in [6.45, 7) is 4.29. The summed E-state index contributed by atoms with van der Waals surface area (Å²) in [6, 6.07) is 7.74. The first-order valence-electron chi connectivity index (χ1n) is 11.0. The molecule has 0 radical (unpaired) electrons. The van der Waals surface area contributed by atoms with E-state index in [0.29, 0.717) is 23.3 Å². The Kier molecular flexibility index (Phi) is 7.37. The van der Waals surface area contributed by atoms with Gasteiger partial charge >= 0.3 is 0 Å². The van der Waals surface area contributed by atoms with Crippen molar-refractivity contribution in [1.82, 2.24) is 15.3 Å². The first-order chi connectivity index (χ1) is 15.1. The lowest BCUT2D eigenvalue weighted by Gasteiger charge is -2.28. The molecule has 1 amide bonds. The largest absolute Gasteiger partial charge is 0.381 e. The Hall–Kier alpha value is -2.22. The van der Waals surface area contributed by atoms with E-state index < -0.39 is 0 Å². The van der Waals surface area contributed by atoms with Crippen molar-refractivity contribution < 1.29 is 9.53 Å². The van der Waals surface area contributed by atoms with Crippen molar-refractivity contribution in [1.29, 1.82) is 0 Å². The topological polar surface area (TPSA) is 79.4 Å². The highest BCUT2D eigenvalue weighted by molar-refractivity contribution is 6.33. The summed E-state index contributed by atoms with van der Waals surface area (Å²) in [5, 5.41) is 6.72. The first kappa shape index (κ1) is 22.0. The molecule has 0 unspecified atom stereocenters. The fourth-order valence-electron chi connectivity index (χ4n) is 4.20. The molecular formula is C23H30ClN5O2. The lowest BCUT2D eigenvalue weighted by molar-refractivity contribution is -0.120. The number of aromatic nitrogens is 2. The number of ether oxygens (including phenoxy) is 1. The van der Waals surface area contributed by atoms with Gasteiger partial charge in [-0.05, 0) is 56.3 Å². The van der Waals surface area contributed by atoms with Crippen molar-refractivity contribution in [3.63, 3.8) is 0 Å². The maximum absolute atomic E-state index is 12.6. The Morgan fingerprint density at radius 2 is 2.16 bits per heavy atom. The van der Waals surface area contributed by atoms with Crippen molar-refractivity contribution in [2.24, 2.45) is 11.8 Å². The van der Waals surface area contributed by atoms with Gasteiger partial charge in [-0.15, -0.1) is 0 Å². The molecule has 8 heteroatoms. The molecule has 0 bridgehead atoms. The molecule has 0 aromatic carbocycles. The van der Waals surface area contributed by atoms with Crippen LogP contribution >= 0.6 is 11.6 Å². The molecule has 0 aliphatic carbocycles. The number of nitrogens with zero attached hydrogens (tertiary/aromatic N) is 3. The van der Waals surface area contributed by atoms with Crippen molar-refractivity contribution in [3.05, 3.63) is 35.5 Å². The number of halogens is 1. The van der Waals surface area contributed by atoms with Gasteiger partial charge in [-0.1, -0.05) is 17.7 Å². The monoisotopic (exact) mass is 443 g/mol. The molecule has 31 heavy (non-hydrogen) atoms. The molecule has 166 valence electrons. The quantitative estimate of drug-likeness (QED) is 0.710. The van der Waals surface area contributed by atoms with Gasteiger partial charge in [0, 0.05) is 45.1 Å². The van der Waals surface area contributed by atoms with Crippen molar-refractivity contribution in [2.45, 2.75) is 25.7 Å². The minimum absolute atomic E-state index is 0.00845. The Morgan fingerprint density at radius 3 is 2.94 bits per heavy atom. The van der Waals surface area contributed by atoms with Crippen LogP contribution in [0, 0.1) is 11.8 Å². The molecule has 2 aromatic heterocycles. The van der Waals surface area contributed by atoms with E-state index in [2.05, 4.69) is 27.6 Å². The van der Waals surface area contributed by atoms with E-state index >= 15 is 0 Å². The second kappa shape index (κ2) is 10.4. The standard InChI is InChI=1S/C23H30ClN5O2/c1-29(15-16-7-10-31-11-8-16)22-6-2-5-20(27-22)18-12-21(26-14-19(18)24)28-23(30)17-4-3-9-25-13-17/h2,5-6,12,14,16-17,25H,3-4,7-11,13,15H2,1H3,(H,26,28,30)/t17-/m1/s1. The summed E-state index contributed by atoms with van der Waals surface area (Å²) >= 11 is 6.45. The molecule has 4 rings (SSSR count). The van der Waals surface area contributed by atoms with Gasteiger partial charge in [0.25, 0.3) is 0 Å². The van der Waals surface area contributed by atoms with Crippen molar-refractivity contribution >= 4 is 29.1 Å². The summed E-state index contributed by atoms with van der Waals surface area (Å²) < 4.78 is 5.47. The lowest BCUT2D eigenvalue weighted by atomic mass is 9.99. The molecule has 4 heterocycles. The predicted octanol–water partition coefficient (Wildman–Crippen LogP) is 3.60. The highest BCUT2D eigenvalue weighted by Gasteiger charge is 2.22. The Bertz CT molecular complexity index is 897. The van der Waals surface area contributed by atoms with Crippen LogP contribution in [0.5, 0.6) is 0 Å². The molecule has 2 fully saturated rings. The average molecular weight is 444 g/mol. The van der Waals surface area contributed by atoms with Crippen LogP contribution in [0.2, 0.25) is 5.02 Å². The number of amides is 1. The van der Waals surface area contributed by atoms with Crippen LogP contribution in [-0.4, -0.2) is 55.8 Å². The molecular weight excluding hydrogens is 414 g/mol. The SMILES string of the molecule is CN(CC1CCOCC1)c1cccc(-c2cc(NC(=O)[C@@H]3CCCNC3)ncc2Cl)n1. The molecule has 2 aliphatic rings. The van der Waals surface area contributed by atoms with Gasteiger partial charge in [-0.25, -0.2) is 9.97 Å². The Labute approximate surface area is 188 Å². The van der Waals surface area contributed by atoms with Crippen LogP contribution in [0.1, 0.15) is 25.7 Å². The number of nitrogens with one attached hydrogen (secondary N) is 2. The third-order valence-electron chi connectivity index (χ3n) is 6.05. The molecule has 0 saturated carbocycles. The zero-order valence-electron chi connectivity index (χ0n) is 17.9. The average Bonchev–Trinajstić information content (AvgIpc) is 2.81. The normalized spacial score (nSPS) is 19.7. The van der Waals surface area contributed by atoms with Crippen molar-refractivity contribution in [2.75, 3.05) is 50.1 Å². The van der Waals surface area contributed by atoms with E-state index in [0.717, 1.165) is 69.1 Å². The number of carbonyl (C=O) groups is 1. The second-order valence-electron chi connectivity index (χ2n) is 8.40. The third-order valence-corrected chi connectivity index (χ3v) is 6.35. The first-order valence-corrected chi connectivity index (χ1v) is 11.4. The smallest absolute Gasteiger partial charge is 0.229 e. The van der Waals surface area contributed by atoms with E-state index in [4.69, 9.17) is 21.3 Å². The highest BCUT2D eigenvalue weighted by atomic mass is 35.5. The number of hydrogen-bond acceptors (Lipinski definition) is 6. The minimum atomic E-state index is -0.0324. The van der Waals surface area contributed by atoms with E-state index in [-0.39, 0.29) is 11.8 Å². The zero-order chi connectivity index (χ0) is 21.6. The summed E-state index contributed by atoms with van der Waals surface area (Å²) in [6.07, 6.45) is 5.64. The van der Waals surface area contributed by atoms with Gasteiger partial charge in [-0.2, -0.15) is 0 Å². The minimum Gasteiger partial charge on any atom is -0.381 e. The van der Waals surface area contributed by atoms with Gasteiger partial charge in [0.15, 0.2) is 0 Å². The van der Waals surface area contributed by atoms with E-state index in [9.17, 15) is 4.79 Å². The Morgan fingerprint density at radius 1 is 1.32 bits per heavy atom. The van der Waals surface area contributed by atoms with Gasteiger partial charge in [0.05, 0.1) is 16.6 Å². The van der Waals surface area contributed by atoms with Crippen LogP contribution in [0.3, 0.4) is 0 Å². The third kappa shape index (κ3) is 5.73. The fraction of sp³-hybridized carbons (Fsp3) is 0.522. The van der Waals surface area contributed by atoms with Crippen LogP contribution in [-0.2, 0) is 9.53 Å². The van der Waals surface area contributed by atoms with Gasteiger partial charge < -0.3 is 20.3 Å². The van der Waals surface area contributed by atoms with E-state index in [1.54, 1.807) is 12.3 Å². The molecule has 7 nitrogen and oxygen atoms in total. The number of anilines is 2. The number of piperidine rings is 1. The molecule has 2 N–H and O–H groups in total. The van der Waals surface area contributed by atoms with Crippen LogP contribution in [0.4, 0.5) is 11.6 Å². The summed E-state index contributed by atoms with van der Waals surface area (Å²) in [7, 11) is 2.07. The number of hydrogen-bond donors (Lipinski definition) is 2. The molecule has 2 saturated heterocycles. The van der Waals surface area contributed by atoms with Gasteiger partial charge in [-0.3, -0.25) is 4.79 Å². The maximum Gasteiger partial charge on any atom is 0.229 e. The zero-order valence-corrected chi connectivity index (χ0v) is 18.7. The molecule has 0 spiro atoms. The maximum atomic E-state index is 12.6. The van der Waals surface area contributed by atoms with Crippen LogP contribution in [0.15, 0.2) is 30.5 Å². The molecule has 2 aromatic rings. The fourth-order valence-corrected chi connectivity index (χ4v) is 4.40. The Balaban J connectivity index is 1.48. The van der Waals surface area contributed by atoms with E-state index in [1.165, 1.54) is 0 Å². The highest BCUT2D eigenvalue weighted by Crippen LogP contribution is 2.30.